The Morgan fingerprint density at radius 3 is 2.55 bits per heavy atom. The Kier molecular flexibility index (Phi) is 5.56. The number of nitrogens with zero attached hydrogens (tertiary/aromatic N) is 3. The summed E-state index contributed by atoms with van der Waals surface area (Å²) >= 11 is 1.41. The highest BCUT2D eigenvalue weighted by molar-refractivity contribution is 7.19. The van der Waals surface area contributed by atoms with Gasteiger partial charge in [-0.25, -0.2) is 9.67 Å². The number of hydrogen-bond donors (Lipinski definition) is 1. The van der Waals surface area contributed by atoms with Crippen LogP contribution in [0.3, 0.4) is 0 Å². The maximum Gasteiger partial charge on any atom is 0.294 e. The van der Waals surface area contributed by atoms with E-state index >= 15 is 0 Å². The summed E-state index contributed by atoms with van der Waals surface area (Å²) in [6.45, 7) is 5.56. The lowest BCUT2D eigenvalue weighted by atomic mass is 10.1. The molecule has 4 rings (SSSR count). The molecule has 0 aliphatic carbocycles. The minimum Gasteiger partial charge on any atom is -0.497 e. The molecule has 0 fully saturated rings. The number of fused-ring (bicyclic) bond motifs is 1. The van der Waals surface area contributed by atoms with Crippen molar-refractivity contribution >= 4 is 33.1 Å². The van der Waals surface area contributed by atoms with E-state index in [1.165, 1.54) is 16.0 Å². The molecule has 1 amide bonds. The zero-order chi connectivity index (χ0) is 22.1. The first-order valence-corrected chi connectivity index (χ1v) is 10.6. The molecule has 2 aromatic heterocycles. The number of hydrogen-bond acceptors (Lipinski definition) is 6. The van der Waals surface area contributed by atoms with Crippen molar-refractivity contribution in [1.82, 2.24) is 14.8 Å². The second-order valence-electron chi connectivity index (χ2n) is 7.32. The van der Waals surface area contributed by atoms with Gasteiger partial charge in [0.25, 0.3) is 5.56 Å². The maximum atomic E-state index is 13.0. The van der Waals surface area contributed by atoms with Crippen LogP contribution in [0.15, 0.2) is 47.3 Å². The van der Waals surface area contributed by atoms with Crippen molar-refractivity contribution in [2.75, 3.05) is 12.4 Å². The van der Waals surface area contributed by atoms with Crippen LogP contribution in [0.1, 0.15) is 16.1 Å². The molecule has 158 valence electrons. The lowest BCUT2D eigenvalue weighted by Crippen LogP contribution is -2.30. The minimum atomic E-state index is -0.382. The fraction of sp³-hybridized carbons (Fsp3) is 0.217. The number of ether oxygens (including phenoxy) is 1. The molecule has 0 saturated heterocycles. The van der Waals surface area contributed by atoms with E-state index in [0.717, 1.165) is 27.4 Å². The molecule has 2 heterocycles. The molecule has 2 aromatic carbocycles. The molecule has 0 bridgehead atoms. The quantitative estimate of drug-likeness (QED) is 0.511. The van der Waals surface area contributed by atoms with Gasteiger partial charge in [0.15, 0.2) is 5.52 Å². The van der Waals surface area contributed by atoms with E-state index in [1.54, 1.807) is 7.11 Å². The minimum absolute atomic E-state index is 0.207. The zero-order valence-electron chi connectivity index (χ0n) is 17.7. The molecule has 4 aromatic rings. The van der Waals surface area contributed by atoms with E-state index in [9.17, 15) is 9.59 Å². The van der Waals surface area contributed by atoms with E-state index in [2.05, 4.69) is 15.4 Å². The maximum absolute atomic E-state index is 13.0. The first kappa shape index (κ1) is 20.7. The van der Waals surface area contributed by atoms with E-state index in [1.807, 2.05) is 63.2 Å². The number of carbonyl (C=O) groups excluding carboxylic acids is 1. The Bertz CT molecular complexity index is 1340. The number of anilines is 1. The van der Waals surface area contributed by atoms with Crippen molar-refractivity contribution in [1.29, 1.82) is 0 Å². The highest BCUT2D eigenvalue weighted by Crippen LogP contribution is 2.30. The predicted molar refractivity (Wildman–Crippen MR) is 123 cm³/mol. The smallest absolute Gasteiger partial charge is 0.294 e. The van der Waals surface area contributed by atoms with Gasteiger partial charge >= 0.3 is 0 Å². The van der Waals surface area contributed by atoms with Crippen LogP contribution in [0.25, 0.3) is 21.5 Å². The fourth-order valence-corrected chi connectivity index (χ4v) is 4.31. The van der Waals surface area contributed by atoms with Gasteiger partial charge in [0.2, 0.25) is 5.91 Å². The summed E-state index contributed by atoms with van der Waals surface area (Å²) in [6, 6.07) is 13.2. The number of aryl methyl sites for hydroxylation is 3. The molecule has 0 unspecified atom stereocenters. The van der Waals surface area contributed by atoms with Gasteiger partial charge in [0.05, 0.1) is 16.8 Å². The van der Waals surface area contributed by atoms with E-state index in [4.69, 9.17) is 4.74 Å². The number of benzene rings is 2. The van der Waals surface area contributed by atoms with Crippen molar-refractivity contribution in [3.63, 3.8) is 0 Å². The van der Waals surface area contributed by atoms with E-state index in [0.29, 0.717) is 21.6 Å². The van der Waals surface area contributed by atoms with Crippen LogP contribution < -0.4 is 15.6 Å². The molecule has 0 radical (unpaired) electrons. The molecule has 1 N–H and O–H groups in total. The van der Waals surface area contributed by atoms with Crippen LogP contribution >= 0.6 is 11.3 Å². The van der Waals surface area contributed by atoms with Crippen LogP contribution in [-0.4, -0.2) is 27.8 Å². The van der Waals surface area contributed by atoms with Gasteiger partial charge < -0.3 is 10.1 Å². The van der Waals surface area contributed by atoms with Gasteiger partial charge in [0, 0.05) is 11.3 Å². The number of rotatable bonds is 5. The second kappa shape index (κ2) is 8.31. The number of methoxy groups -OCH3 is 1. The van der Waals surface area contributed by atoms with Crippen LogP contribution in [0, 0.1) is 20.8 Å². The van der Waals surface area contributed by atoms with E-state index < -0.39 is 0 Å². The summed E-state index contributed by atoms with van der Waals surface area (Å²) in [5.74, 6) is 0.398. The van der Waals surface area contributed by atoms with Crippen LogP contribution in [0.4, 0.5) is 5.69 Å². The van der Waals surface area contributed by atoms with Crippen molar-refractivity contribution in [3.05, 3.63) is 69.0 Å². The number of aromatic nitrogens is 3. The number of carbonyl (C=O) groups is 1. The summed E-state index contributed by atoms with van der Waals surface area (Å²) in [5, 5.41) is 8.16. The fourth-order valence-electron chi connectivity index (χ4n) is 3.39. The van der Waals surface area contributed by atoms with Gasteiger partial charge in [-0.15, -0.1) is 11.3 Å². The third-order valence-electron chi connectivity index (χ3n) is 4.92. The van der Waals surface area contributed by atoms with Gasteiger partial charge in [-0.2, -0.15) is 5.10 Å². The Hall–Kier alpha value is -3.52. The van der Waals surface area contributed by atoms with Crippen LogP contribution in [-0.2, 0) is 11.3 Å². The molecular weight excluding hydrogens is 412 g/mol. The summed E-state index contributed by atoms with van der Waals surface area (Å²) in [6.07, 6.45) is 0. The molecule has 0 aliphatic rings. The van der Waals surface area contributed by atoms with Gasteiger partial charge in [-0.05, 0) is 56.7 Å². The summed E-state index contributed by atoms with van der Waals surface area (Å²) < 4.78 is 7.12. The Morgan fingerprint density at radius 1 is 1.13 bits per heavy atom. The highest BCUT2D eigenvalue weighted by atomic mass is 32.1. The standard InChI is InChI=1S/C23H22N4O3S/c1-13-5-10-18(14(2)11-13)25-19(28)12-27-23(29)21-22(31-15(3)24-21)20(26-27)16-6-8-17(30-4)9-7-16/h5-11H,12H2,1-4H3,(H,25,28). The second-order valence-corrected chi connectivity index (χ2v) is 8.52. The highest BCUT2D eigenvalue weighted by Gasteiger charge is 2.18. The summed E-state index contributed by atoms with van der Waals surface area (Å²) in [7, 11) is 1.60. The van der Waals surface area contributed by atoms with E-state index in [-0.39, 0.29) is 18.0 Å². The SMILES string of the molecule is COc1ccc(-c2nn(CC(=O)Nc3ccc(C)cc3C)c(=O)c3nc(C)sc23)cc1. The monoisotopic (exact) mass is 434 g/mol. The molecule has 0 aliphatic heterocycles. The Labute approximate surface area is 183 Å². The first-order chi connectivity index (χ1) is 14.9. The molecule has 7 nitrogen and oxygen atoms in total. The van der Waals surface area contributed by atoms with Gasteiger partial charge in [-0.3, -0.25) is 9.59 Å². The van der Waals surface area contributed by atoms with Crippen molar-refractivity contribution in [3.8, 4) is 17.0 Å². The number of amides is 1. The first-order valence-electron chi connectivity index (χ1n) is 9.75. The third-order valence-corrected chi connectivity index (χ3v) is 5.90. The summed E-state index contributed by atoms with van der Waals surface area (Å²) in [4.78, 5) is 30.1. The normalized spacial score (nSPS) is 11.0. The Balaban J connectivity index is 1.72. The molecule has 8 heteroatoms. The van der Waals surface area contributed by atoms with Crippen LogP contribution in [0.2, 0.25) is 0 Å². The molecule has 0 atom stereocenters. The lowest BCUT2D eigenvalue weighted by molar-refractivity contribution is -0.117. The van der Waals surface area contributed by atoms with Crippen molar-refractivity contribution in [2.24, 2.45) is 0 Å². The molecule has 0 saturated carbocycles. The average molecular weight is 435 g/mol. The number of nitrogens with one attached hydrogen (secondary N) is 1. The van der Waals surface area contributed by atoms with Gasteiger partial charge in [-0.1, -0.05) is 17.7 Å². The van der Waals surface area contributed by atoms with Crippen LogP contribution in [0.5, 0.6) is 5.75 Å². The average Bonchev–Trinajstić information content (AvgIpc) is 3.14. The third kappa shape index (κ3) is 4.20. The lowest BCUT2D eigenvalue weighted by Gasteiger charge is -2.11. The predicted octanol–water partition coefficient (Wildman–Crippen LogP) is 4.09. The van der Waals surface area contributed by atoms with Gasteiger partial charge in [0.1, 0.15) is 18.0 Å². The topological polar surface area (TPSA) is 86.1 Å². The largest absolute Gasteiger partial charge is 0.497 e. The molecule has 31 heavy (non-hydrogen) atoms. The molecular formula is C23H22N4O3S. The van der Waals surface area contributed by atoms with Crippen molar-refractivity contribution in [2.45, 2.75) is 27.3 Å². The molecule has 0 spiro atoms. The Morgan fingerprint density at radius 2 is 1.87 bits per heavy atom. The van der Waals surface area contributed by atoms with Crippen molar-refractivity contribution < 1.29 is 9.53 Å². The zero-order valence-corrected chi connectivity index (χ0v) is 18.5. The summed E-state index contributed by atoms with van der Waals surface area (Å²) in [5.41, 5.74) is 4.15. The number of thiazole rings is 1.